The van der Waals surface area contributed by atoms with Gasteiger partial charge in [0.05, 0.1) is 11.7 Å². The van der Waals surface area contributed by atoms with Gasteiger partial charge in [-0.3, -0.25) is 9.36 Å². The SMILES string of the molecule is O=C(N[C@H]1CCc2ccccc2-n2cnnc21)c1nnc(Cc2ccccc2)[nH]1. The molecule has 0 unspecified atom stereocenters. The Labute approximate surface area is 167 Å². The van der Waals surface area contributed by atoms with Crippen LogP contribution in [0.25, 0.3) is 5.69 Å². The van der Waals surface area contributed by atoms with Gasteiger partial charge in [-0.2, -0.15) is 0 Å². The Balaban J connectivity index is 1.34. The summed E-state index contributed by atoms with van der Waals surface area (Å²) in [5, 5.41) is 19.5. The molecule has 4 aromatic rings. The van der Waals surface area contributed by atoms with Gasteiger partial charge in [-0.15, -0.1) is 20.4 Å². The van der Waals surface area contributed by atoms with Gasteiger partial charge in [-0.05, 0) is 30.0 Å². The molecule has 0 bridgehead atoms. The molecule has 1 aliphatic rings. The molecule has 0 aliphatic carbocycles. The van der Waals surface area contributed by atoms with E-state index >= 15 is 0 Å². The van der Waals surface area contributed by atoms with Crippen LogP contribution in [0.5, 0.6) is 0 Å². The number of hydrogen-bond donors (Lipinski definition) is 2. The van der Waals surface area contributed by atoms with Gasteiger partial charge in [0.2, 0.25) is 5.82 Å². The number of aromatic nitrogens is 6. The minimum Gasteiger partial charge on any atom is -0.339 e. The van der Waals surface area contributed by atoms with Crippen LogP contribution in [0.4, 0.5) is 0 Å². The number of carbonyl (C=O) groups is 1. The van der Waals surface area contributed by atoms with Crippen LogP contribution in [0.1, 0.15) is 45.9 Å². The molecule has 8 nitrogen and oxygen atoms in total. The highest BCUT2D eigenvalue weighted by atomic mass is 16.2. The van der Waals surface area contributed by atoms with Crippen molar-refractivity contribution in [2.45, 2.75) is 25.3 Å². The molecule has 0 radical (unpaired) electrons. The van der Waals surface area contributed by atoms with E-state index in [1.54, 1.807) is 6.33 Å². The number of aryl methyl sites for hydroxylation is 1. The summed E-state index contributed by atoms with van der Waals surface area (Å²) in [4.78, 5) is 15.8. The third-order valence-electron chi connectivity index (χ3n) is 5.11. The van der Waals surface area contributed by atoms with Crippen LogP contribution in [0.15, 0.2) is 60.9 Å². The summed E-state index contributed by atoms with van der Waals surface area (Å²) < 4.78 is 1.94. The second kappa shape index (κ2) is 7.31. The first-order valence-corrected chi connectivity index (χ1v) is 9.52. The van der Waals surface area contributed by atoms with E-state index in [9.17, 15) is 4.79 Å². The van der Waals surface area contributed by atoms with Crippen molar-refractivity contribution in [3.63, 3.8) is 0 Å². The molecule has 3 heterocycles. The molecule has 0 saturated heterocycles. The van der Waals surface area contributed by atoms with E-state index in [-0.39, 0.29) is 17.8 Å². The summed E-state index contributed by atoms with van der Waals surface area (Å²) in [5.41, 5.74) is 3.36. The van der Waals surface area contributed by atoms with E-state index < -0.39 is 0 Å². The van der Waals surface area contributed by atoms with Crippen molar-refractivity contribution in [3.8, 4) is 5.69 Å². The van der Waals surface area contributed by atoms with Crippen LogP contribution in [0, 0.1) is 0 Å². The van der Waals surface area contributed by atoms with Crippen molar-refractivity contribution in [2.24, 2.45) is 0 Å². The fourth-order valence-corrected chi connectivity index (χ4v) is 3.68. The number of para-hydroxylation sites is 1. The van der Waals surface area contributed by atoms with Gasteiger partial charge in [-0.1, -0.05) is 48.5 Å². The summed E-state index contributed by atoms with van der Waals surface area (Å²) in [6.45, 7) is 0. The molecule has 8 heteroatoms. The van der Waals surface area contributed by atoms with Gasteiger partial charge in [0.1, 0.15) is 12.2 Å². The third-order valence-corrected chi connectivity index (χ3v) is 5.11. The first-order valence-electron chi connectivity index (χ1n) is 9.52. The molecule has 144 valence electrons. The number of benzene rings is 2. The van der Waals surface area contributed by atoms with E-state index in [4.69, 9.17) is 0 Å². The molecule has 5 rings (SSSR count). The monoisotopic (exact) mass is 385 g/mol. The first kappa shape index (κ1) is 17.3. The molecule has 2 aromatic carbocycles. The number of nitrogens with zero attached hydrogens (tertiary/aromatic N) is 5. The quantitative estimate of drug-likeness (QED) is 0.562. The number of aromatic amines is 1. The largest absolute Gasteiger partial charge is 0.339 e. The Kier molecular flexibility index (Phi) is 4.36. The predicted molar refractivity (Wildman–Crippen MR) is 106 cm³/mol. The highest BCUT2D eigenvalue weighted by molar-refractivity contribution is 5.90. The Morgan fingerprint density at radius 3 is 2.79 bits per heavy atom. The molecule has 0 spiro atoms. The van der Waals surface area contributed by atoms with Crippen molar-refractivity contribution in [2.75, 3.05) is 0 Å². The normalized spacial score (nSPS) is 15.2. The Bertz CT molecular complexity index is 1150. The lowest BCUT2D eigenvalue weighted by molar-refractivity contribution is 0.0922. The molecule has 29 heavy (non-hydrogen) atoms. The summed E-state index contributed by atoms with van der Waals surface area (Å²) in [6, 6.07) is 17.8. The van der Waals surface area contributed by atoms with Crippen LogP contribution in [0.2, 0.25) is 0 Å². The third kappa shape index (κ3) is 3.40. The van der Waals surface area contributed by atoms with Crippen molar-refractivity contribution in [3.05, 3.63) is 89.5 Å². The summed E-state index contributed by atoms with van der Waals surface area (Å²) in [6.07, 6.45) is 3.84. The summed E-state index contributed by atoms with van der Waals surface area (Å²) >= 11 is 0. The summed E-state index contributed by atoms with van der Waals surface area (Å²) in [5.74, 6) is 1.26. The maximum atomic E-state index is 12.8. The Morgan fingerprint density at radius 1 is 1.07 bits per heavy atom. The molecule has 2 aromatic heterocycles. The molecular formula is C21H19N7O. The lowest BCUT2D eigenvalue weighted by atomic mass is 10.1. The van der Waals surface area contributed by atoms with Gasteiger partial charge in [0.25, 0.3) is 5.91 Å². The molecule has 1 atom stereocenters. The van der Waals surface area contributed by atoms with Crippen LogP contribution in [-0.4, -0.2) is 35.9 Å². The van der Waals surface area contributed by atoms with E-state index in [1.165, 1.54) is 5.56 Å². The fraction of sp³-hybridized carbons (Fsp3) is 0.190. The number of carbonyl (C=O) groups excluding carboxylic acids is 1. The predicted octanol–water partition coefficient (Wildman–Crippen LogP) is 2.39. The maximum Gasteiger partial charge on any atom is 0.289 e. The smallest absolute Gasteiger partial charge is 0.289 e. The average molecular weight is 385 g/mol. The van der Waals surface area contributed by atoms with Gasteiger partial charge < -0.3 is 10.3 Å². The number of amides is 1. The van der Waals surface area contributed by atoms with Crippen molar-refractivity contribution < 1.29 is 4.79 Å². The maximum absolute atomic E-state index is 12.8. The Hall–Kier alpha value is -3.81. The van der Waals surface area contributed by atoms with Gasteiger partial charge in [0.15, 0.2) is 5.82 Å². The Morgan fingerprint density at radius 2 is 1.90 bits per heavy atom. The van der Waals surface area contributed by atoms with Gasteiger partial charge in [-0.25, -0.2) is 0 Å². The number of fused-ring (bicyclic) bond motifs is 3. The van der Waals surface area contributed by atoms with E-state index in [2.05, 4.69) is 36.8 Å². The van der Waals surface area contributed by atoms with Crippen LogP contribution >= 0.6 is 0 Å². The minimum absolute atomic E-state index is 0.198. The molecule has 1 aliphatic heterocycles. The van der Waals surface area contributed by atoms with Crippen molar-refractivity contribution in [1.29, 1.82) is 0 Å². The van der Waals surface area contributed by atoms with Crippen molar-refractivity contribution in [1.82, 2.24) is 35.3 Å². The average Bonchev–Trinajstić information content (AvgIpc) is 3.39. The summed E-state index contributed by atoms with van der Waals surface area (Å²) in [7, 11) is 0. The number of rotatable bonds is 4. The molecule has 0 saturated carbocycles. The highest BCUT2D eigenvalue weighted by Crippen LogP contribution is 2.28. The zero-order valence-electron chi connectivity index (χ0n) is 15.6. The van der Waals surface area contributed by atoms with Gasteiger partial charge >= 0.3 is 0 Å². The fourth-order valence-electron chi connectivity index (χ4n) is 3.68. The van der Waals surface area contributed by atoms with E-state index in [0.29, 0.717) is 18.1 Å². The van der Waals surface area contributed by atoms with Crippen molar-refractivity contribution >= 4 is 5.91 Å². The standard InChI is InChI=1S/C21H19N7O/c29-21(19-24-18(25-26-19)12-14-6-2-1-3-7-14)23-16-11-10-15-8-4-5-9-17(15)28-13-22-27-20(16)28/h1-9,13,16H,10-12H2,(H,23,29)(H,24,25,26)/t16-/m0/s1. The van der Waals surface area contributed by atoms with Crippen LogP contribution in [-0.2, 0) is 12.8 Å². The second-order valence-corrected chi connectivity index (χ2v) is 7.04. The van der Waals surface area contributed by atoms with Gasteiger partial charge in [0, 0.05) is 6.42 Å². The highest BCUT2D eigenvalue weighted by Gasteiger charge is 2.26. The van der Waals surface area contributed by atoms with E-state index in [1.807, 2.05) is 53.1 Å². The molecule has 2 N–H and O–H groups in total. The zero-order valence-corrected chi connectivity index (χ0v) is 15.6. The van der Waals surface area contributed by atoms with Crippen LogP contribution in [0.3, 0.4) is 0 Å². The minimum atomic E-state index is -0.303. The lowest BCUT2D eigenvalue weighted by Crippen LogP contribution is -2.31. The second-order valence-electron chi connectivity index (χ2n) is 7.04. The van der Waals surface area contributed by atoms with Crippen LogP contribution < -0.4 is 5.32 Å². The topological polar surface area (TPSA) is 101 Å². The number of nitrogens with one attached hydrogen (secondary N) is 2. The molecule has 0 fully saturated rings. The number of hydrogen-bond acceptors (Lipinski definition) is 5. The number of H-pyrrole nitrogens is 1. The molecule has 1 amide bonds. The molecular weight excluding hydrogens is 366 g/mol. The first-order chi connectivity index (χ1) is 14.3. The lowest BCUT2D eigenvalue weighted by Gasteiger charge is -2.14. The van der Waals surface area contributed by atoms with E-state index in [0.717, 1.165) is 24.1 Å². The zero-order chi connectivity index (χ0) is 19.6.